The fourth-order valence-electron chi connectivity index (χ4n) is 0. The first kappa shape index (κ1) is 15.7. The number of carbonyl (C=O) groups is 1. The number of aliphatic carboxylic acids is 1. The molecule has 0 saturated carbocycles. The second kappa shape index (κ2) is 10.1. The molecule has 0 saturated heterocycles. The van der Waals surface area contributed by atoms with Gasteiger partial charge in [-0.15, -0.1) is 0 Å². The molecule has 0 bridgehead atoms. The molecule has 0 amide bonds. The van der Waals surface area contributed by atoms with Crippen LogP contribution < -0.4 is 0 Å². The Bertz CT molecular complexity index is 62.0. The van der Waals surface area contributed by atoms with Crippen LogP contribution in [0, 0.1) is 0 Å². The Morgan fingerprint density at radius 1 is 1.57 bits per heavy atom. The minimum atomic E-state index is -0.981. The maximum absolute atomic E-state index is 9.25. The number of rotatable bonds is 1. The van der Waals surface area contributed by atoms with Gasteiger partial charge in [0.2, 0.25) is 0 Å². The van der Waals surface area contributed by atoms with Gasteiger partial charge in [0, 0.05) is 6.08 Å². The molecule has 0 spiro atoms. The predicted octanol–water partition coefficient (Wildman–Crippen LogP) is -1.58. The van der Waals surface area contributed by atoms with Gasteiger partial charge in [0.15, 0.2) is 0 Å². The van der Waals surface area contributed by atoms with E-state index in [9.17, 15) is 4.79 Å². The first-order valence-corrected chi connectivity index (χ1v) is 1.12. The van der Waals surface area contributed by atoms with Crippen molar-refractivity contribution in [2.45, 2.75) is 0 Å². The normalized spacial score (nSPS) is 4.57. The van der Waals surface area contributed by atoms with Crippen LogP contribution in [0.25, 0.3) is 0 Å². The molecule has 0 atom stereocenters. The molecule has 0 aromatic rings. The molecule has 0 aliphatic rings. The quantitative estimate of drug-likeness (QED) is 0.356. The molecule has 1 N–H and O–H groups in total. The van der Waals surface area contributed by atoms with Crippen molar-refractivity contribution in [3.8, 4) is 0 Å². The van der Waals surface area contributed by atoms with Crippen molar-refractivity contribution >= 4 is 60.6 Å². The topological polar surface area (TPSA) is 37.3 Å². The summed E-state index contributed by atoms with van der Waals surface area (Å²) in [5.74, 6) is -0.981. The van der Waals surface area contributed by atoms with Crippen molar-refractivity contribution < 1.29 is 9.90 Å². The van der Waals surface area contributed by atoms with E-state index in [1.807, 2.05) is 0 Å². The Balaban J connectivity index is -0.0000000800. The van der Waals surface area contributed by atoms with Gasteiger partial charge >= 0.3 is 60.6 Å². The summed E-state index contributed by atoms with van der Waals surface area (Å²) in [5.41, 5.74) is 0. The number of carboxylic acids is 1. The Hall–Kier alpha value is 1.05. The molecule has 7 heavy (non-hydrogen) atoms. The van der Waals surface area contributed by atoms with E-state index in [4.69, 9.17) is 5.11 Å². The average Bonchev–Trinajstić information content (AvgIpc) is 1.38. The van der Waals surface area contributed by atoms with Gasteiger partial charge < -0.3 is 5.11 Å². The van der Waals surface area contributed by atoms with Gasteiger partial charge in [0.1, 0.15) is 0 Å². The number of hydrogen-bond acceptors (Lipinski definition) is 1. The molecular weight excluding hydrogens is 482 g/mol. The van der Waals surface area contributed by atoms with E-state index in [2.05, 4.69) is 6.58 Å². The average molecular weight is 490 g/mol. The predicted molar refractivity (Wildman–Crippen MR) is 34.9 cm³/mol. The molecule has 0 heterocycles. The van der Waals surface area contributed by atoms with Crippen molar-refractivity contribution in [3.05, 3.63) is 12.7 Å². The standard InChI is InChI=1S/C3H4O2.2Pb.4H/c1-2-3(4)5;;;;;;/h2H,1H2,(H,4,5);;;;;;. The van der Waals surface area contributed by atoms with Crippen molar-refractivity contribution in [3.63, 3.8) is 0 Å². The minimum absolute atomic E-state index is 0. The Kier molecular flexibility index (Phi) is 22.7. The van der Waals surface area contributed by atoms with Crippen LogP contribution >= 0.6 is 0 Å². The van der Waals surface area contributed by atoms with Gasteiger partial charge in [-0.05, 0) is 0 Å². The summed E-state index contributed by atoms with van der Waals surface area (Å²) in [4.78, 5) is 9.25. The van der Waals surface area contributed by atoms with Crippen LogP contribution in [0.3, 0.4) is 0 Å². The zero-order valence-corrected chi connectivity index (χ0v) is 15.0. The van der Waals surface area contributed by atoms with Crippen LogP contribution in [0.15, 0.2) is 12.7 Å². The van der Waals surface area contributed by atoms with Crippen LogP contribution in [0.4, 0.5) is 0 Å². The summed E-state index contributed by atoms with van der Waals surface area (Å²) in [6.45, 7) is 2.96. The summed E-state index contributed by atoms with van der Waals surface area (Å²) in [6.07, 6.45) is 0.833. The van der Waals surface area contributed by atoms with Crippen LogP contribution in [-0.2, 0) is 4.79 Å². The monoisotopic (exact) mass is 492 g/mol. The molecule has 0 aliphatic carbocycles. The van der Waals surface area contributed by atoms with E-state index in [0.29, 0.717) is 0 Å². The van der Waals surface area contributed by atoms with Crippen LogP contribution in [0.1, 0.15) is 0 Å². The fourth-order valence-corrected chi connectivity index (χ4v) is 0. The Morgan fingerprint density at radius 3 is 1.71 bits per heavy atom. The van der Waals surface area contributed by atoms with Gasteiger partial charge in [-0.3, -0.25) is 0 Å². The Labute approximate surface area is 82.3 Å². The zero-order valence-electron chi connectivity index (χ0n) is 4.05. The van der Waals surface area contributed by atoms with Crippen molar-refractivity contribution in [1.82, 2.24) is 0 Å². The van der Waals surface area contributed by atoms with E-state index < -0.39 is 5.97 Å². The van der Waals surface area contributed by atoms with Gasteiger partial charge in [-0.25, -0.2) is 4.79 Å². The molecule has 2 nitrogen and oxygen atoms in total. The summed E-state index contributed by atoms with van der Waals surface area (Å²) in [7, 11) is 0. The van der Waals surface area contributed by atoms with Gasteiger partial charge in [0.25, 0.3) is 0 Å². The molecule has 0 fully saturated rings. The zero-order chi connectivity index (χ0) is 4.28. The number of carboxylic acid groups (broad SMARTS) is 1. The third-order valence-corrected chi connectivity index (χ3v) is 0.175. The molecule has 4 radical (unpaired) electrons. The molecular formula is C3H8O2Pb2. The first-order valence-electron chi connectivity index (χ1n) is 1.12. The van der Waals surface area contributed by atoms with Crippen LogP contribution in [0.5, 0.6) is 0 Å². The van der Waals surface area contributed by atoms with Crippen molar-refractivity contribution in [2.24, 2.45) is 0 Å². The summed E-state index contributed by atoms with van der Waals surface area (Å²) in [5, 5.41) is 7.60. The van der Waals surface area contributed by atoms with Crippen molar-refractivity contribution in [1.29, 1.82) is 0 Å². The van der Waals surface area contributed by atoms with Gasteiger partial charge in [-0.2, -0.15) is 0 Å². The van der Waals surface area contributed by atoms with Gasteiger partial charge in [0.05, 0.1) is 0 Å². The molecule has 0 aliphatic heterocycles. The number of hydrogen-bond donors (Lipinski definition) is 1. The molecule has 0 rings (SSSR count). The first-order chi connectivity index (χ1) is 2.27. The van der Waals surface area contributed by atoms with Crippen LogP contribution in [0.2, 0.25) is 0 Å². The Morgan fingerprint density at radius 2 is 1.71 bits per heavy atom. The van der Waals surface area contributed by atoms with Crippen LogP contribution in [-0.4, -0.2) is 65.7 Å². The van der Waals surface area contributed by atoms with Gasteiger partial charge in [-0.1, -0.05) is 6.58 Å². The fraction of sp³-hybridized carbons (Fsp3) is 0. The summed E-state index contributed by atoms with van der Waals surface area (Å²) >= 11 is 0. The van der Waals surface area contributed by atoms with E-state index in [1.165, 1.54) is 0 Å². The molecule has 0 aromatic heterocycles. The molecule has 4 heteroatoms. The second-order valence-electron chi connectivity index (χ2n) is 0.542. The van der Waals surface area contributed by atoms with E-state index in [1.54, 1.807) is 0 Å². The molecule has 0 unspecified atom stereocenters. The molecule has 40 valence electrons. The van der Waals surface area contributed by atoms with E-state index >= 15 is 0 Å². The van der Waals surface area contributed by atoms with Crippen molar-refractivity contribution in [2.75, 3.05) is 0 Å². The third kappa shape index (κ3) is 19.3. The third-order valence-electron chi connectivity index (χ3n) is 0.175. The van der Waals surface area contributed by atoms with E-state index in [0.717, 1.165) is 6.08 Å². The SMILES string of the molecule is C=CC(=O)O.[PbH2].[PbH2]. The second-order valence-corrected chi connectivity index (χ2v) is 0.542. The molecule has 0 aromatic carbocycles. The maximum atomic E-state index is 9.25. The summed E-state index contributed by atoms with van der Waals surface area (Å²) < 4.78 is 0. The van der Waals surface area contributed by atoms with E-state index in [-0.39, 0.29) is 54.6 Å². The summed E-state index contributed by atoms with van der Waals surface area (Å²) in [6, 6.07) is 0.